The Balaban J connectivity index is 1.95. The number of halogens is 1. The molecule has 1 heterocycles. The first-order chi connectivity index (χ1) is 8.65. The number of anilines is 1. The highest BCUT2D eigenvalue weighted by atomic mass is 35.5. The topological polar surface area (TPSA) is 18.5 Å². The number of rotatable bonds is 1. The molecule has 0 bridgehead atoms. The van der Waals surface area contributed by atoms with Gasteiger partial charge in [-0.3, -0.25) is 0 Å². The van der Waals surface area contributed by atoms with E-state index < -0.39 is 0 Å². The van der Waals surface area contributed by atoms with Crippen LogP contribution in [0.2, 0.25) is 5.02 Å². The van der Waals surface area contributed by atoms with Crippen LogP contribution in [0, 0.1) is 0 Å². The van der Waals surface area contributed by atoms with E-state index in [0.29, 0.717) is 0 Å². The number of nitrogens with zero attached hydrogens (tertiary/aromatic N) is 2. The van der Waals surface area contributed by atoms with Crippen LogP contribution >= 0.6 is 23.8 Å². The lowest BCUT2D eigenvalue weighted by Crippen LogP contribution is -2.37. The van der Waals surface area contributed by atoms with E-state index >= 15 is 0 Å². The normalized spacial score (nSPS) is 17.3. The quantitative estimate of drug-likeness (QED) is 0.799. The largest absolute Gasteiger partial charge is 0.348 e. The summed E-state index contributed by atoms with van der Waals surface area (Å²) in [5, 5.41) is 4.75. The lowest BCUT2D eigenvalue weighted by molar-refractivity contribution is 0.347. The fraction of sp³-hybridized carbons (Fsp3) is 0.462. The highest BCUT2D eigenvalue weighted by Gasteiger charge is 2.14. The lowest BCUT2D eigenvalue weighted by atomic mass is 10.3. The molecule has 1 aromatic carbocycles. The molecule has 0 aromatic heterocycles. The molecule has 18 heavy (non-hydrogen) atoms. The van der Waals surface area contributed by atoms with Crippen LogP contribution in [-0.4, -0.2) is 48.1 Å². The van der Waals surface area contributed by atoms with Gasteiger partial charge in [-0.2, -0.15) is 0 Å². The maximum Gasteiger partial charge on any atom is 0.173 e. The molecule has 1 fully saturated rings. The fourth-order valence-corrected chi connectivity index (χ4v) is 2.51. The summed E-state index contributed by atoms with van der Waals surface area (Å²) in [6, 6.07) is 7.64. The smallest absolute Gasteiger partial charge is 0.173 e. The maximum absolute atomic E-state index is 5.96. The van der Waals surface area contributed by atoms with Crippen LogP contribution in [0.3, 0.4) is 0 Å². The molecule has 3 nitrogen and oxygen atoms in total. The minimum Gasteiger partial charge on any atom is -0.348 e. The molecule has 98 valence electrons. The van der Waals surface area contributed by atoms with Gasteiger partial charge in [0.25, 0.3) is 0 Å². The Hall–Kier alpha value is -0.840. The molecule has 1 aliphatic rings. The van der Waals surface area contributed by atoms with Crippen molar-refractivity contribution in [2.75, 3.05) is 38.5 Å². The zero-order valence-electron chi connectivity index (χ0n) is 10.5. The summed E-state index contributed by atoms with van der Waals surface area (Å²) >= 11 is 11.4. The van der Waals surface area contributed by atoms with Crippen molar-refractivity contribution in [1.29, 1.82) is 0 Å². The molecule has 1 aliphatic heterocycles. The van der Waals surface area contributed by atoms with Gasteiger partial charge in [-0.25, -0.2) is 0 Å². The van der Waals surface area contributed by atoms with Gasteiger partial charge in [0.15, 0.2) is 5.11 Å². The highest BCUT2D eigenvalue weighted by Crippen LogP contribution is 2.15. The Kier molecular flexibility index (Phi) is 4.80. The van der Waals surface area contributed by atoms with Gasteiger partial charge >= 0.3 is 0 Å². The van der Waals surface area contributed by atoms with Crippen LogP contribution in [0.1, 0.15) is 6.42 Å². The van der Waals surface area contributed by atoms with Crippen LogP contribution in [0.15, 0.2) is 24.3 Å². The predicted octanol–water partition coefficient (Wildman–Crippen LogP) is 2.67. The van der Waals surface area contributed by atoms with E-state index in [2.05, 4.69) is 22.2 Å². The first-order valence-corrected chi connectivity index (χ1v) is 6.94. The standard InChI is InChI=1S/C13H18ClN3S/c1-16-6-3-7-17(9-8-16)13(18)15-12-5-2-4-11(14)10-12/h2,4-5,10H,3,6-9H2,1H3,(H,15,18). The van der Waals surface area contributed by atoms with E-state index in [0.717, 1.165) is 48.4 Å². The zero-order chi connectivity index (χ0) is 13.0. The molecule has 0 aliphatic carbocycles. The van der Waals surface area contributed by atoms with Gasteiger partial charge in [0.2, 0.25) is 0 Å². The summed E-state index contributed by atoms with van der Waals surface area (Å²) in [6.07, 6.45) is 1.15. The van der Waals surface area contributed by atoms with Crippen molar-refractivity contribution < 1.29 is 0 Å². The number of hydrogen-bond acceptors (Lipinski definition) is 2. The summed E-state index contributed by atoms with van der Waals surface area (Å²) in [5.74, 6) is 0. The number of benzene rings is 1. The molecule has 0 unspecified atom stereocenters. The minimum atomic E-state index is 0.721. The number of likely N-dealkylation sites (N-methyl/N-ethyl adjacent to an activating group) is 1. The van der Waals surface area contributed by atoms with E-state index in [1.165, 1.54) is 0 Å². The van der Waals surface area contributed by atoms with E-state index in [-0.39, 0.29) is 0 Å². The van der Waals surface area contributed by atoms with E-state index in [1.54, 1.807) is 0 Å². The first kappa shape index (κ1) is 13.6. The molecular weight excluding hydrogens is 266 g/mol. The van der Waals surface area contributed by atoms with Gasteiger partial charge in [-0.15, -0.1) is 0 Å². The van der Waals surface area contributed by atoms with E-state index in [1.807, 2.05) is 24.3 Å². The fourth-order valence-electron chi connectivity index (χ4n) is 2.02. The monoisotopic (exact) mass is 283 g/mol. The highest BCUT2D eigenvalue weighted by molar-refractivity contribution is 7.80. The van der Waals surface area contributed by atoms with Crippen molar-refractivity contribution in [2.45, 2.75) is 6.42 Å². The first-order valence-electron chi connectivity index (χ1n) is 6.15. The van der Waals surface area contributed by atoms with Crippen molar-refractivity contribution in [2.24, 2.45) is 0 Å². The molecule has 1 saturated heterocycles. The molecule has 0 amide bonds. The van der Waals surface area contributed by atoms with Crippen LogP contribution in [-0.2, 0) is 0 Å². The second-order valence-electron chi connectivity index (χ2n) is 4.58. The van der Waals surface area contributed by atoms with E-state index in [9.17, 15) is 0 Å². The Labute approximate surface area is 119 Å². The summed E-state index contributed by atoms with van der Waals surface area (Å²) in [6.45, 7) is 4.17. The Morgan fingerprint density at radius 1 is 1.28 bits per heavy atom. The maximum atomic E-state index is 5.96. The number of thiocarbonyl (C=S) groups is 1. The van der Waals surface area contributed by atoms with Crippen LogP contribution in [0.25, 0.3) is 0 Å². The van der Waals surface area contributed by atoms with Gasteiger partial charge < -0.3 is 15.1 Å². The van der Waals surface area contributed by atoms with Gasteiger partial charge in [0.05, 0.1) is 0 Å². The van der Waals surface area contributed by atoms with Crippen molar-refractivity contribution in [3.63, 3.8) is 0 Å². The molecule has 1 N–H and O–H groups in total. The Morgan fingerprint density at radius 3 is 2.89 bits per heavy atom. The third kappa shape index (κ3) is 3.83. The van der Waals surface area contributed by atoms with Gasteiger partial charge in [0, 0.05) is 30.3 Å². The second kappa shape index (κ2) is 6.36. The minimum absolute atomic E-state index is 0.721. The molecule has 5 heteroatoms. The molecule has 2 rings (SSSR count). The molecule has 0 spiro atoms. The van der Waals surface area contributed by atoms with Gasteiger partial charge in [0.1, 0.15) is 0 Å². The second-order valence-corrected chi connectivity index (χ2v) is 5.41. The molecule has 0 atom stereocenters. The molecular formula is C13H18ClN3S. The van der Waals surface area contributed by atoms with Crippen LogP contribution in [0.4, 0.5) is 5.69 Å². The third-order valence-electron chi connectivity index (χ3n) is 3.08. The number of hydrogen-bond donors (Lipinski definition) is 1. The van der Waals surface area contributed by atoms with Crippen molar-refractivity contribution in [1.82, 2.24) is 9.80 Å². The lowest BCUT2D eigenvalue weighted by Gasteiger charge is -2.24. The Bertz CT molecular complexity index is 424. The van der Waals surface area contributed by atoms with Crippen molar-refractivity contribution >= 4 is 34.6 Å². The summed E-state index contributed by atoms with van der Waals surface area (Å²) in [5.41, 5.74) is 0.949. The third-order valence-corrected chi connectivity index (χ3v) is 3.68. The molecule has 0 saturated carbocycles. The van der Waals surface area contributed by atoms with Crippen LogP contribution in [0.5, 0.6) is 0 Å². The van der Waals surface area contributed by atoms with Crippen molar-refractivity contribution in [3.05, 3.63) is 29.3 Å². The Morgan fingerprint density at radius 2 is 2.11 bits per heavy atom. The summed E-state index contributed by atoms with van der Waals surface area (Å²) in [4.78, 5) is 4.56. The van der Waals surface area contributed by atoms with E-state index in [4.69, 9.17) is 23.8 Å². The van der Waals surface area contributed by atoms with Gasteiger partial charge in [-0.05, 0) is 50.4 Å². The molecule has 1 aromatic rings. The number of nitrogens with one attached hydrogen (secondary N) is 1. The summed E-state index contributed by atoms with van der Waals surface area (Å²) < 4.78 is 0. The van der Waals surface area contributed by atoms with Gasteiger partial charge in [-0.1, -0.05) is 17.7 Å². The average Bonchev–Trinajstić information content (AvgIpc) is 2.54. The average molecular weight is 284 g/mol. The summed E-state index contributed by atoms with van der Waals surface area (Å²) in [7, 11) is 2.15. The predicted molar refractivity (Wildman–Crippen MR) is 81.4 cm³/mol. The van der Waals surface area contributed by atoms with Crippen LogP contribution < -0.4 is 5.32 Å². The molecule has 0 radical (unpaired) electrons. The SMILES string of the molecule is CN1CCCN(C(=S)Nc2cccc(Cl)c2)CC1. The zero-order valence-corrected chi connectivity index (χ0v) is 12.1. The van der Waals surface area contributed by atoms with Crippen molar-refractivity contribution in [3.8, 4) is 0 Å².